The first-order chi connectivity index (χ1) is 9.70. The molecule has 2 heterocycles. The lowest BCUT2D eigenvalue weighted by Crippen LogP contribution is -2.36. The van der Waals surface area contributed by atoms with Crippen LogP contribution in [0.25, 0.3) is 0 Å². The van der Waals surface area contributed by atoms with Crippen LogP contribution in [0.3, 0.4) is 0 Å². The van der Waals surface area contributed by atoms with Gasteiger partial charge in [-0.05, 0) is 25.5 Å². The summed E-state index contributed by atoms with van der Waals surface area (Å²) in [5.74, 6) is 0.481. The average Bonchev–Trinajstić information content (AvgIpc) is 2.49. The molecule has 2 rings (SSSR count). The number of hydrogen-bond acceptors (Lipinski definition) is 4. The molecule has 1 aliphatic heterocycles. The Kier molecular flexibility index (Phi) is 5.12. The molecule has 1 aromatic heterocycles. The van der Waals surface area contributed by atoms with Crippen molar-refractivity contribution in [2.24, 2.45) is 0 Å². The van der Waals surface area contributed by atoms with Crippen molar-refractivity contribution in [1.82, 2.24) is 4.98 Å². The van der Waals surface area contributed by atoms with Gasteiger partial charge in [0.1, 0.15) is 5.82 Å². The number of nitrogens with one attached hydrogen (secondary N) is 1. The van der Waals surface area contributed by atoms with Gasteiger partial charge in [0.15, 0.2) is 0 Å². The number of amides is 1. The summed E-state index contributed by atoms with van der Waals surface area (Å²) in [5.41, 5.74) is 1.78. The van der Waals surface area contributed by atoms with Gasteiger partial charge >= 0.3 is 0 Å². The van der Waals surface area contributed by atoms with Crippen molar-refractivity contribution >= 4 is 17.4 Å². The number of ether oxygens (including phenoxy) is 1. The monoisotopic (exact) mass is 275 g/mol. The fourth-order valence-electron chi connectivity index (χ4n) is 2.08. The van der Waals surface area contributed by atoms with E-state index in [0.29, 0.717) is 11.4 Å². The number of carbonyl (C=O) groups is 1. The molecule has 0 aromatic carbocycles. The van der Waals surface area contributed by atoms with Crippen molar-refractivity contribution < 1.29 is 9.53 Å². The molecule has 5 nitrogen and oxygen atoms in total. The Morgan fingerprint density at radius 3 is 2.80 bits per heavy atom. The van der Waals surface area contributed by atoms with Crippen LogP contribution in [0.1, 0.15) is 20.3 Å². The molecule has 1 fully saturated rings. The third-order valence-electron chi connectivity index (χ3n) is 3.23. The molecule has 0 aliphatic carbocycles. The van der Waals surface area contributed by atoms with Gasteiger partial charge in [-0.2, -0.15) is 0 Å². The molecule has 1 saturated heterocycles. The number of nitrogens with zero attached hydrogens (tertiary/aromatic N) is 2. The van der Waals surface area contributed by atoms with Crippen LogP contribution >= 0.6 is 0 Å². The van der Waals surface area contributed by atoms with E-state index >= 15 is 0 Å². The van der Waals surface area contributed by atoms with Crippen molar-refractivity contribution in [2.75, 3.05) is 36.5 Å². The van der Waals surface area contributed by atoms with Gasteiger partial charge in [-0.25, -0.2) is 4.98 Å². The third kappa shape index (κ3) is 3.81. The van der Waals surface area contributed by atoms with Crippen LogP contribution in [0.15, 0.2) is 30.0 Å². The van der Waals surface area contributed by atoms with Crippen LogP contribution in [-0.4, -0.2) is 37.2 Å². The van der Waals surface area contributed by atoms with Crippen molar-refractivity contribution in [3.05, 3.63) is 30.0 Å². The summed E-state index contributed by atoms with van der Waals surface area (Å²) in [6.45, 7) is 7.07. The van der Waals surface area contributed by atoms with E-state index in [9.17, 15) is 4.79 Å². The van der Waals surface area contributed by atoms with E-state index in [1.54, 1.807) is 13.1 Å². The second-order valence-electron chi connectivity index (χ2n) is 4.75. The Bertz CT molecular complexity index is 476. The summed E-state index contributed by atoms with van der Waals surface area (Å²) in [6.07, 6.45) is 4.54. The van der Waals surface area contributed by atoms with E-state index in [4.69, 9.17) is 4.74 Å². The lowest BCUT2D eigenvalue weighted by atomic mass is 10.2. The third-order valence-corrected chi connectivity index (χ3v) is 3.23. The number of carbonyl (C=O) groups excluding carboxylic acids is 1. The van der Waals surface area contributed by atoms with Gasteiger partial charge in [-0.15, -0.1) is 0 Å². The predicted octanol–water partition coefficient (Wildman–Crippen LogP) is 2.21. The predicted molar refractivity (Wildman–Crippen MR) is 79.9 cm³/mol. The van der Waals surface area contributed by atoms with Crippen LogP contribution in [-0.2, 0) is 9.53 Å². The Balaban J connectivity index is 1.97. The standard InChI is InChI=1S/C15H21N3O2/c1-3-4-12(2)15(19)17-14-6-5-13(11-16-14)18-7-9-20-10-8-18/h4-6,11H,3,7-10H2,1-2H3,(H,16,17,19)/b12-4+. The van der Waals surface area contributed by atoms with Crippen LogP contribution < -0.4 is 10.2 Å². The van der Waals surface area contributed by atoms with Crippen LogP contribution in [0.4, 0.5) is 11.5 Å². The molecule has 1 amide bonds. The van der Waals surface area contributed by atoms with Crippen molar-refractivity contribution in [1.29, 1.82) is 0 Å². The highest BCUT2D eigenvalue weighted by molar-refractivity contribution is 6.02. The van der Waals surface area contributed by atoms with E-state index < -0.39 is 0 Å². The first kappa shape index (κ1) is 14.5. The van der Waals surface area contributed by atoms with Crippen molar-refractivity contribution in [2.45, 2.75) is 20.3 Å². The van der Waals surface area contributed by atoms with Gasteiger partial charge in [0.05, 0.1) is 25.1 Å². The molecular formula is C15H21N3O2. The summed E-state index contributed by atoms with van der Waals surface area (Å²) in [7, 11) is 0. The minimum atomic E-state index is -0.0986. The van der Waals surface area contributed by atoms with Crippen molar-refractivity contribution in [3.63, 3.8) is 0 Å². The first-order valence-electron chi connectivity index (χ1n) is 6.97. The van der Waals surface area contributed by atoms with Gasteiger partial charge in [-0.1, -0.05) is 13.0 Å². The zero-order valence-corrected chi connectivity index (χ0v) is 12.1. The molecular weight excluding hydrogens is 254 g/mol. The summed E-state index contributed by atoms with van der Waals surface area (Å²) >= 11 is 0. The second-order valence-corrected chi connectivity index (χ2v) is 4.75. The summed E-state index contributed by atoms with van der Waals surface area (Å²) < 4.78 is 5.32. The van der Waals surface area contributed by atoms with Gasteiger partial charge in [0, 0.05) is 18.7 Å². The van der Waals surface area contributed by atoms with Gasteiger partial charge < -0.3 is 15.0 Å². The highest BCUT2D eigenvalue weighted by Crippen LogP contribution is 2.16. The molecule has 0 atom stereocenters. The number of aromatic nitrogens is 1. The maximum atomic E-state index is 11.8. The minimum absolute atomic E-state index is 0.0986. The van der Waals surface area contributed by atoms with Crippen molar-refractivity contribution in [3.8, 4) is 0 Å². The Hall–Kier alpha value is -1.88. The Labute approximate surface area is 119 Å². The van der Waals surface area contributed by atoms with Gasteiger partial charge in [0.25, 0.3) is 5.91 Å². The zero-order chi connectivity index (χ0) is 14.4. The summed E-state index contributed by atoms with van der Waals surface area (Å²) in [6, 6.07) is 3.81. The fraction of sp³-hybridized carbons (Fsp3) is 0.467. The molecule has 0 saturated carbocycles. The maximum absolute atomic E-state index is 11.8. The quantitative estimate of drug-likeness (QED) is 0.856. The average molecular weight is 275 g/mol. The minimum Gasteiger partial charge on any atom is -0.378 e. The largest absolute Gasteiger partial charge is 0.378 e. The topological polar surface area (TPSA) is 54.5 Å². The molecule has 108 valence electrons. The molecule has 1 N–H and O–H groups in total. The Morgan fingerprint density at radius 2 is 2.20 bits per heavy atom. The lowest BCUT2D eigenvalue weighted by molar-refractivity contribution is -0.112. The SMILES string of the molecule is CC/C=C(\C)C(=O)Nc1ccc(N2CCOCC2)cn1. The number of pyridine rings is 1. The number of morpholine rings is 1. The van der Waals surface area contributed by atoms with E-state index in [-0.39, 0.29) is 5.91 Å². The lowest BCUT2D eigenvalue weighted by Gasteiger charge is -2.28. The number of anilines is 2. The number of hydrogen-bond donors (Lipinski definition) is 1. The molecule has 0 spiro atoms. The molecule has 20 heavy (non-hydrogen) atoms. The molecule has 0 bridgehead atoms. The molecule has 1 aromatic rings. The normalized spacial score (nSPS) is 16.1. The smallest absolute Gasteiger partial charge is 0.252 e. The summed E-state index contributed by atoms with van der Waals surface area (Å²) in [4.78, 5) is 18.4. The first-order valence-corrected chi connectivity index (χ1v) is 6.97. The van der Waals surface area contributed by atoms with Crippen LogP contribution in [0.2, 0.25) is 0 Å². The highest BCUT2D eigenvalue weighted by Gasteiger charge is 2.12. The zero-order valence-electron chi connectivity index (χ0n) is 12.1. The number of allylic oxidation sites excluding steroid dienone is 1. The molecule has 0 radical (unpaired) electrons. The highest BCUT2D eigenvalue weighted by atomic mass is 16.5. The van der Waals surface area contributed by atoms with E-state index in [2.05, 4.69) is 15.2 Å². The second kappa shape index (κ2) is 7.05. The maximum Gasteiger partial charge on any atom is 0.252 e. The van der Waals surface area contributed by atoms with E-state index in [1.807, 2.05) is 25.1 Å². The van der Waals surface area contributed by atoms with Crippen LogP contribution in [0, 0.1) is 0 Å². The molecule has 0 unspecified atom stereocenters. The molecule has 5 heteroatoms. The van der Waals surface area contributed by atoms with Crippen LogP contribution in [0.5, 0.6) is 0 Å². The Morgan fingerprint density at radius 1 is 1.45 bits per heavy atom. The van der Waals surface area contributed by atoms with Gasteiger partial charge in [-0.3, -0.25) is 4.79 Å². The number of rotatable bonds is 4. The fourth-order valence-corrected chi connectivity index (χ4v) is 2.08. The van der Waals surface area contributed by atoms with E-state index in [1.165, 1.54) is 0 Å². The van der Waals surface area contributed by atoms with E-state index in [0.717, 1.165) is 38.4 Å². The molecule has 1 aliphatic rings. The van der Waals surface area contributed by atoms with Gasteiger partial charge in [0.2, 0.25) is 0 Å². The summed E-state index contributed by atoms with van der Waals surface area (Å²) in [5, 5.41) is 2.80.